The van der Waals surface area contributed by atoms with Crippen molar-refractivity contribution in [3.63, 3.8) is 0 Å². The van der Waals surface area contributed by atoms with Crippen LogP contribution in [0.1, 0.15) is 48.7 Å². The van der Waals surface area contributed by atoms with Gasteiger partial charge in [-0.2, -0.15) is 0 Å². The predicted octanol–water partition coefficient (Wildman–Crippen LogP) is 3.36. The molecule has 0 spiro atoms. The van der Waals surface area contributed by atoms with Gasteiger partial charge < -0.3 is 15.1 Å². The van der Waals surface area contributed by atoms with E-state index in [0.717, 1.165) is 11.3 Å². The fraction of sp³-hybridized carbons (Fsp3) is 0.412. The summed E-state index contributed by atoms with van der Waals surface area (Å²) in [6.07, 6.45) is 2.28. The molecule has 2 heterocycles. The molecule has 2 atom stereocenters. The summed E-state index contributed by atoms with van der Waals surface area (Å²) < 4.78 is 5.03. The van der Waals surface area contributed by atoms with Gasteiger partial charge in [0, 0.05) is 4.88 Å². The van der Waals surface area contributed by atoms with Crippen molar-refractivity contribution in [1.29, 1.82) is 0 Å². The molecule has 0 radical (unpaired) electrons. The van der Waals surface area contributed by atoms with Gasteiger partial charge in [-0.05, 0) is 42.8 Å². The van der Waals surface area contributed by atoms with E-state index in [1.807, 2.05) is 17.5 Å². The van der Waals surface area contributed by atoms with Gasteiger partial charge in [0.15, 0.2) is 5.76 Å². The fourth-order valence-electron chi connectivity index (χ4n) is 2.24. The van der Waals surface area contributed by atoms with Crippen LogP contribution in [0.15, 0.2) is 40.3 Å². The Labute approximate surface area is 140 Å². The van der Waals surface area contributed by atoms with E-state index < -0.39 is 11.9 Å². The van der Waals surface area contributed by atoms with Crippen LogP contribution >= 0.6 is 11.3 Å². The average Bonchev–Trinajstić information content (AvgIpc) is 3.19. The molecule has 0 saturated carbocycles. The molecule has 0 fully saturated rings. The summed E-state index contributed by atoms with van der Waals surface area (Å²) >= 11 is 1.62. The summed E-state index contributed by atoms with van der Waals surface area (Å²) in [4.78, 5) is 25.4. The van der Waals surface area contributed by atoms with E-state index in [4.69, 9.17) is 4.42 Å². The Bertz CT molecular complexity index is 620. The van der Waals surface area contributed by atoms with Crippen molar-refractivity contribution in [3.8, 4) is 0 Å². The Morgan fingerprint density at radius 1 is 1.17 bits per heavy atom. The van der Waals surface area contributed by atoms with Crippen LogP contribution in [0.25, 0.3) is 0 Å². The molecule has 2 aromatic heterocycles. The van der Waals surface area contributed by atoms with Gasteiger partial charge in [0.2, 0.25) is 5.91 Å². The third-order valence-electron chi connectivity index (χ3n) is 3.40. The smallest absolute Gasteiger partial charge is 0.287 e. The Kier molecular flexibility index (Phi) is 5.98. The first-order valence-corrected chi connectivity index (χ1v) is 8.53. The number of hydrogen-bond acceptors (Lipinski definition) is 4. The SMILES string of the molecule is CC(C)C[C@H](NC(=O)[C@@H](C)NC(=O)c1ccco1)c1cccs1. The van der Waals surface area contributed by atoms with Crippen molar-refractivity contribution < 1.29 is 14.0 Å². The maximum atomic E-state index is 12.4. The van der Waals surface area contributed by atoms with Crippen LogP contribution in [-0.4, -0.2) is 17.9 Å². The number of nitrogens with one attached hydrogen (secondary N) is 2. The van der Waals surface area contributed by atoms with Crippen LogP contribution in [0.5, 0.6) is 0 Å². The summed E-state index contributed by atoms with van der Waals surface area (Å²) in [6.45, 7) is 5.90. The first kappa shape index (κ1) is 17.3. The first-order chi connectivity index (χ1) is 11.0. The second-order valence-corrected chi connectivity index (χ2v) is 6.86. The van der Waals surface area contributed by atoms with E-state index in [1.54, 1.807) is 30.4 Å². The minimum atomic E-state index is -0.637. The van der Waals surface area contributed by atoms with Crippen molar-refractivity contribution in [1.82, 2.24) is 10.6 Å². The van der Waals surface area contributed by atoms with Gasteiger partial charge in [0.1, 0.15) is 6.04 Å². The number of hydrogen-bond donors (Lipinski definition) is 2. The summed E-state index contributed by atoms with van der Waals surface area (Å²) in [6, 6.07) is 6.52. The highest BCUT2D eigenvalue weighted by atomic mass is 32.1. The highest BCUT2D eigenvalue weighted by Crippen LogP contribution is 2.25. The summed E-state index contributed by atoms with van der Waals surface area (Å²) in [5.41, 5.74) is 0. The van der Waals surface area contributed by atoms with Gasteiger partial charge in [-0.3, -0.25) is 9.59 Å². The number of amides is 2. The zero-order chi connectivity index (χ0) is 16.8. The maximum absolute atomic E-state index is 12.4. The second-order valence-electron chi connectivity index (χ2n) is 5.88. The molecule has 23 heavy (non-hydrogen) atoms. The molecule has 2 aromatic rings. The Morgan fingerprint density at radius 2 is 1.96 bits per heavy atom. The lowest BCUT2D eigenvalue weighted by atomic mass is 10.0. The van der Waals surface area contributed by atoms with E-state index >= 15 is 0 Å². The molecule has 0 bridgehead atoms. The molecule has 0 unspecified atom stereocenters. The van der Waals surface area contributed by atoms with Crippen molar-refractivity contribution in [3.05, 3.63) is 46.5 Å². The molecule has 6 heteroatoms. The monoisotopic (exact) mass is 334 g/mol. The number of thiophene rings is 1. The van der Waals surface area contributed by atoms with E-state index in [0.29, 0.717) is 5.92 Å². The maximum Gasteiger partial charge on any atom is 0.287 e. The van der Waals surface area contributed by atoms with Gasteiger partial charge in [-0.1, -0.05) is 19.9 Å². The zero-order valence-corrected chi connectivity index (χ0v) is 14.4. The second kappa shape index (κ2) is 7.97. The van der Waals surface area contributed by atoms with Crippen molar-refractivity contribution in [2.24, 2.45) is 5.92 Å². The largest absolute Gasteiger partial charge is 0.459 e. The van der Waals surface area contributed by atoms with E-state index in [9.17, 15) is 9.59 Å². The van der Waals surface area contributed by atoms with Crippen LogP contribution in [0.3, 0.4) is 0 Å². The lowest BCUT2D eigenvalue weighted by molar-refractivity contribution is -0.123. The Hall–Kier alpha value is -2.08. The fourth-order valence-corrected chi connectivity index (χ4v) is 3.04. The van der Waals surface area contributed by atoms with Crippen LogP contribution in [0.4, 0.5) is 0 Å². The average molecular weight is 334 g/mol. The van der Waals surface area contributed by atoms with Crippen LogP contribution in [-0.2, 0) is 4.79 Å². The van der Waals surface area contributed by atoms with Crippen molar-refractivity contribution in [2.75, 3.05) is 0 Å². The van der Waals surface area contributed by atoms with Gasteiger partial charge in [-0.25, -0.2) is 0 Å². The third-order valence-corrected chi connectivity index (χ3v) is 4.38. The number of carbonyl (C=O) groups is 2. The van der Waals surface area contributed by atoms with Gasteiger partial charge >= 0.3 is 0 Å². The molecule has 124 valence electrons. The first-order valence-electron chi connectivity index (χ1n) is 7.65. The predicted molar refractivity (Wildman–Crippen MR) is 90.3 cm³/mol. The van der Waals surface area contributed by atoms with Crippen LogP contribution in [0, 0.1) is 5.92 Å². The normalized spacial score (nSPS) is 13.6. The lowest BCUT2D eigenvalue weighted by Gasteiger charge is -2.22. The van der Waals surface area contributed by atoms with Gasteiger partial charge in [0.25, 0.3) is 5.91 Å². The highest BCUT2D eigenvalue weighted by Gasteiger charge is 2.22. The highest BCUT2D eigenvalue weighted by molar-refractivity contribution is 7.10. The van der Waals surface area contributed by atoms with Gasteiger partial charge in [0.05, 0.1) is 12.3 Å². The van der Waals surface area contributed by atoms with Crippen LogP contribution < -0.4 is 10.6 Å². The van der Waals surface area contributed by atoms with Crippen molar-refractivity contribution in [2.45, 2.75) is 39.3 Å². The standard InChI is InChI=1S/C17H22N2O3S/c1-11(2)10-13(15-7-5-9-23-15)19-16(20)12(3)18-17(21)14-6-4-8-22-14/h4-9,11-13H,10H2,1-3H3,(H,18,21)(H,19,20)/t12-,13+/m1/s1. The topological polar surface area (TPSA) is 71.3 Å². The third kappa shape index (κ3) is 4.96. The van der Waals surface area contributed by atoms with Crippen molar-refractivity contribution >= 4 is 23.2 Å². The summed E-state index contributed by atoms with van der Waals surface area (Å²) in [5, 5.41) is 7.67. The van der Waals surface area contributed by atoms with E-state index in [2.05, 4.69) is 24.5 Å². The number of rotatable bonds is 7. The molecular formula is C17H22N2O3S. The Morgan fingerprint density at radius 3 is 2.52 bits per heavy atom. The zero-order valence-electron chi connectivity index (χ0n) is 13.5. The molecule has 0 saturated heterocycles. The molecule has 2 N–H and O–H groups in total. The summed E-state index contributed by atoms with van der Waals surface area (Å²) in [7, 11) is 0. The molecule has 0 aromatic carbocycles. The molecule has 2 rings (SSSR count). The minimum Gasteiger partial charge on any atom is -0.459 e. The Balaban J connectivity index is 1.96. The number of furan rings is 1. The van der Waals surface area contributed by atoms with Crippen LogP contribution in [0.2, 0.25) is 0 Å². The molecular weight excluding hydrogens is 312 g/mol. The molecule has 0 aliphatic heterocycles. The molecule has 0 aliphatic carbocycles. The van der Waals surface area contributed by atoms with Gasteiger partial charge in [-0.15, -0.1) is 11.3 Å². The molecule has 0 aliphatic rings. The minimum absolute atomic E-state index is 0.0366. The molecule has 5 nitrogen and oxygen atoms in total. The molecule has 2 amide bonds. The van der Waals surface area contributed by atoms with E-state index in [1.165, 1.54) is 6.26 Å². The van der Waals surface area contributed by atoms with E-state index in [-0.39, 0.29) is 17.7 Å². The number of carbonyl (C=O) groups excluding carboxylic acids is 2. The quantitative estimate of drug-likeness (QED) is 0.815. The lowest BCUT2D eigenvalue weighted by Crippen LogP contribution is -2.45. The summed E-state index contributed by atoms with van der Waals surface area (Å²) in [5.74, 6) is 0.0511.